The van der Waals surface area contributed by atoms with E-state index in [1.54, 1.807) is 48.5 Å². The highest BCUT2D eigenvalue weighted by atomic mass is 127. The standard InChI is InChI=1S/C20H12FIN2O2/c21-14-4-9-18(19(22)11-14)20(25)24-15-5-7-16(8-6-15)26-17-3-1-2-13(10-17)12-23/h1-11H,(H,24,25). The lowest BCUT2D eigenvalue weighted by Crippen LogP contribution is -2.13. The van der Waals surface area contributed by atoms with E-state index in [1.165, 1.54) is 18.2 Å². The molecule has 0 radical (unpaired) electrons. The average molecular weight is 458 g/mol. The molecule has 0 spiro atoms. The van der Waals surface area contributed by atoms with Crippen molar-refractivity contribution in [2.75, 3.05) is 5.32 Å². The Balaban J connectivity index is 1.69. The molecule has 0 aliphatic heterocycles. The number of anilines is 1. The van der Waals surface area contributed by atoms with Gasteiger partial charge in [0.05, 0.1) is 17.2 Å². The van der Waals surface area contributed by atoms with Gasteiger partial charge in [0.25, 0.3) is 5.91 Å². The number of nitrogens with one attached hydrogen (secondary N) is 1. The Morgan fingerprint density at radius 3 is 2.50 bits per heavy atom. The molecular formula is C20H12FIN2O2. The molecule has 26 heavy (non-hydrogen) atoms. The van der Waals surface area contributed by atoms with Gasteiger partial charge in [-0.2, -0.15) is 5.26 Å². The fourth-order valence-corrected chi connectivity index (χ4v) is 2.97. The molecule has 0 bridgehead atoms. The fourth-order valence-electron chi connectivity index (χ4n) is 2.24. The molecule has 0 saturated heterocycles. The number of ether oxygens (including phenoxy) is 1. The highest BCUT2D eigenvalue weighted by molar-refractivity contribution is 14.1. The van der Waals surface area contributed by atoms with Crippen LogP contribution in [-0.2, 0) is 0 Å². The lowest BCUT2D eigenvalue weighted by molar-refractivity contribution is 0.102. The summed E-state index contributed by atoms with van der Waals surface area (Å²) >= 11 is 1.92. The van der Waals surface area contributed by atoms with Crippen LogP contribution in [0.3, 0.4) is 0 Å². The summed E-state index contributed by atoms with van der Waals surface area (Å²) in [4.78, 5) is 12.3. The molecular weight excluding hydrogens is 446 g/mol. The first-order valence-corrected chi connectivity index (χ1v) is 8.67. The van der Waals surface area contributed by atoms with Crippen LogP contribution >= 0.6 is 22.6 Å². The second-order valence-electron chi connectivity index (χ2n) is 5.34. The number of rotatable bonds is 4. The Hall–Kier alpha value is -2.92. The second kappa shape index (κ2) is 7.97. The largest absolute Gasteiger partial charge is 0.457 e. The van der Waals surface area contributed by atoms with Crippen molar-refractivity contribution in [1.29, 1.82) is 5.26 Å². The summed E-state index contributed by atoms with van der Waals surface area (Å²) < 4.78 is 19.4. The molecule has 3 aromatic rings. The molecule has 0 unspecified atom stereocenters. The molecule has 4 nitrogen and oxygen atoms in total. The van der Waals surface area contributed by atoms with Crippen LogP contribution in [0.2, 0.25) is 0 Å². The number of nitriles is 1. The smallest absolute Gasteiger partial charge is 0.256 e. The predicted octanol–water partition coefficient (Wildman–Crippen LogP) is 5.35. The lowest BCUT2D eigenvalue weighted by Gasteiger charge is -2.09. The number of halogens is 2. The molecule has 0 aliphatic rings. The van der Waals surface area contributed by atoms with Gasteiger partial charge in [-0.1, -0.05) is 6.07 Å². The molecule has 0 aliphatic carbocycles. The molecule has 1 amide bonds. The molecule has 0 saturated carbocycles. The summed E-state index contributed by atoms with van der Waals surface area (Å²) in [6.45, 7) is 0. The van der Waals surface area contributed by atoms with Gasteiger partial charge in [0, 0.05) is 9.26 Å². The molecule has 0 heterocycles. The summed E-state index contributed by atoms with van der Waals surface area (Å²) in [5.41, 5.74) is 1.51. The SMILES string of the molecule is N#Cc1cccc(Oc2ccc(NC(=O)c3ccc(F)cc3I)cc2)c1. The van der Waals surface area contributed by atoms with Gasteiger partial charge in [-0.25, -0.2) is 4.39 Å². The Labute approximate surface area is 163 Å². The highest BCUT2D eigenvalue weighted by Crippen LogP contribution is 2.24. The van der Waals surface area contributed by atoms with E-state index >= 15 is 0 Å². The van der Waals surface area contributed by atoms with Gasteiger partial charge < -0.3 is 10.1 Å². The van der Waals surface area contributed by atoms with Crippen LogP contribution in [0.5, 0.6) is 11.5 Å². The van der Waals surface area contributed by atoms with Crippen LogP contribution in [0.15, 0.2) is 66.7 Å². The zero-order valence-corrected chi connectivity index (χ0v) is 15.5. The van der Waals surface area contributed by atoms with Crippen LogP contribution in [0.25, 0.3) is 0 Å². The van der Waals surface area contributed by atoms with Gasteiger partial charge in [-0.3, -0.25) is 4.79 Å². The van der Waals surface area contributed by atoms with Gasteiger partial charge in [-0.15, -0.1) is 0 Å². The van der Waals surface area contributed by atoms with Crippen LogP contribution < -0.4 is 10.1 Å². The number of nitrogens with zero attached hydrogens (tertiary/aromatic N) is 1. The van der Waals surface area contributed by atoms with Crippen molar-refractivity contribution in [3.05, 3.63) is 87.2 Å². The van der Waals surface area contributed by atoms with Crippen molar-refractivity contribution >= 4 is 34.2 Å². The van der Waals surface area contributed by atoms with Crippen LogP contribution in [0.1, 0.15) is 15.9 Å². The van der Waals surface area contributed by atoms with E-state index in [-0.39, 0.29) is 11.7 Å². The maximum Gasteiger partial charge on any atom is 0.256 e. The second-order valence-corrected chi connectivity index (χ2v) is 6.51. The van der Waals surface area contributed by atoms with Crippen molar-refractivity contribution < 1.29 is 13.9 Å². The summed E-state index contributed by atoms with van der Waals surface area (Å²) in [6.07, 6.45) is 0. The summed E-state index contributed by atoms with van der Waals surface area (Å²) in [6, 6.07) is 19.7. The Morgan fingerprint density at radius 2 is 1.81 bits per heavy atom. The molecule has 3 rings (SSSR count). The van der Waals surface area contributed by atoms with Crippen molar-refractivity contribution in [3.63, 3.8) is 0 Å². The molecule has 0 aromatic heterocycles. The van der Waals surface area contributed by atoms with Gasteiger partial charge >= 0.3 is 0 Å². The van der Waals surface area contributed by atoms with E-state index in [4.69, 9.17) is 10.00 Å². The van der Waals surface area contributed by atoms with Crippen LogP contribution in [0, 0.1) is 20.7 Å². The van der Waals surface area contributed by atoms with Crippen molar-refractivity contribution in [1.82, 2.24) is 0 Å². The third-order valence-corrected chi connectivity index (χ3v) is 4.38. The Bertz CT molecular complexity index is 997. The first-order valence-electron chi connectivity index (χ1n) is 7.59. The summed E-state index contributed by atoms with van der Waals surface area (Å²) in [5.74, 6) is 0.439. The zero-order valence-electron chi connectivity index (χ0n) is 13.4. The van der Waals surface area contributed by atoms with Gasteiger partial charge in [0.2, 0.25) is 0 Å². The average Bonchev–Trinajstić information content (AvgIpc) is 2.63. The topological polar surface area (TPSA) is 62.1 Å². The van der Waals surface area contributed by atoms with Crippen LogP contribution in [-0.4, -0.2) is 5.91 Å². The van der Waals surface area contributed by atoms with Gasteiger partial charge in [0.1, 0.15) is 17.3 Å². The van der Waals surface area contributed by atoms with Crippen molar-refractivity contribution in [3.8, 4) is 17.6 Å². The summed E-state index contributed by atoms with van der Waals surface area (Å²) in [7, 11) is 0. The Kier molecular flexibility index (Phi) is 5.49. The quantitative estimate of drug-likeness (QED) is 0.537. The number of carbonyl (C=O) groups is 1. The van der Waals surface area contributed by atoms with Crippen LogP contribution in [0.4, 0.5) is 10.1 Å². The number of hydrogen-bond acceptors (Lipinski definition) is 3. The van der Waals surface area contributed by atoms with Crippen molar-refractivity contribution in [2.24, 2.45) is 0 Å². The van der Waals surface area contributed by atoms with E-state index in [2.05, 4.69) is 11.4 Å². The van der Waals surface area contributed by atoms with Gasteiger partial charge in [-0.05, 0) is 83.3 Å². The minimum Gasteiger partial charge on any atom is -0.457 e. The van der Waals surface area contributed by atoms with Gasteiger partial charge in [0.15, 0.2) is 0 Å². The molecule has 0 atom stereocenters. The molecule has 128 valence electrons. The number of carbonyl (C=O) groups excluding carboxylic acids is 1. The maximum absolute atomic E-state index is 13.1. The Morgan fingerprint density at radius 1 is 1.04 bits per heavy atom. The van der Waals surface area contributed by atoms with E-state index in [9.17, 15) is 9.18 Å². The summed E-state index contributed by atoms with van der Waals surface area (Å²) in [5, 5.41) is 11.7. The molecule has 1 N–H and O–H groups in total. The third-order valence-electron chi connectivity index (χ3n) is 3.49. The van der Waals surface area contributed by atoms with E-state index in [1.807, 2.05) is 22.6 Å². The molecule has 6 heteroatoms. The molecule has 0 fully saturated rings. The van der Waals surface area contributed by atoms with E-state index < -0.39 is 0 Å². The minimum absolute atomic E-state index is 0.315. The first-order chi connectivity index (χ1) is 12.5. The predicted molar refractivity (Wildman–Crippen MR) is 105 cm³/mol. The van der Waals surface area contributed by atoms with E-state index in [0.29, 0.717) is 31.9 Å². The number of amides is 1. The highest BCUT2D eigenvalue weighted by Gasteiger charge is 2.11. The molecule has 3 aromatic carbocycles. The first kappa shape index (κ1) is 17.9. The lowest BCUT2D eigenvalue weighted by atomic mass is 10.2. The minimum atomic E-state index is -0.382. The normalized spacial score (nSPS) is 10.0. The maximum atomic E-state index is 13.1. The fraction of sp³-hybridized carbons (Fsp3) is 0. The zero-order chi connectivity index (χ0) is 18.5. The monoisotopic (exact) mass is 458 g/mol. The van der Waals surface area contributed by atoms with E-state index in [0.717, 1.165) is 0 Å². The number of hydrogen-bond donors (Lipinski definition) is 1. The third kappa shape index (κ3) is 4.37. The number of benzene rings is 3. The van der Waals surface area contributed by atoms with Crippen molar-refractivity contribution in [2.45, 2.75) is 0 Å².